The summed E-state index contributed by atoms with van der Waals surface area (Å²) in [4.78, 5) is 14.4. The Balaban J connectivity index is 1.26. The molecule has 2 N–H and O–H groups in total. The lowest BCUT2D eigenvalue weighted by atomic mass is 9.83. The first-order valence-corrected chi connectivity index (χ1v) is 13.2. The number of rotatable bonds is 5. The molecule has 2 unspecified atom stereocenters. The minimum atomic E-state index is -3.85. The molecule has 1 fully saturated rings. The number of pyridine rings is 1. The topological polar surface area (TPSA) is 118 Å². The number of ether oxygens (including phenoxy) is 1. The predicted octanol–water partition coefficient (Wildman–Crippen LogP) is 2.33. The molecule has 2 bridgehead atoms. The van der Waals surface area contributed by atoms with Crippen LogP contribution >= 0.6 is 23.9 Å². The number of piperidine rings is 1. The molecule has 34 heavy (non-hydrogen) atoms. The van der Waals surface area contributed by atoms with Crippen LogP contribution in [0.4, 0.5) is 11.5 Å². The predicted molar refractivity (Wildman–Crippen MR) is 133 cm³/mol. The van der Waals surface area contributed by atoms with E-state index in [0.29, 0.717) is 23.3 Å². The number of likely N-dealkylation sites (tertiary alicyclic amines) is 1. The van der Waals surface area contributed by atoms with Gasteiger partial charge >= 0.3 is 0 Å². The molecule has 0 aliphatic carbocycles. The summed E-state index contributed by atoms with van der Waals surface area (Å²) in [7, 11) is -2.45. The van der Waals surface area contributed by atoms with E-state index in [2.05, 4.69) is 23.7 Å². The third kappa shape index (κ3) is 4.38. The number of benzene rings is 1. The summed E-state index contributed by atoms with van der Waals surface area (Å²) in [5, 5.41) is 3.79. The fourth-order valence-corrected chi connectivity index (χ4v) is 6.35. The summed E-state index contributed by atoms with van der Waals surface area (Å²) in [5.41, 5.74) is 1.80. The van der Waals surface area contributed by atoms with Crippen molar-refractivity contribution in [2.24, 2.45) is 5.92 Å². The van der Waals surface area contributed by atoms with E-state index in [9.17, 15) is 13.2 Å². The van der Waals surface area contributed by atoms with Gasteiger partial charge in [0.1, 0.15) is 0 Å². The second kappa shape index (κ2) is 8.96. The highest BCUT2D eigenvalue weighted by Crippen LogP contribution is 2.35. The molecule has 2 aliphatic rings. The molecule has 13 heteroatoms. The molecule has 2 atom stereocenters. The lowest BCUT2D eigenvalue weighted by Gasteiger charge is -2.43. The first-order valence-electron chi connectivity index (χ1n) is 10.6. The number of fused-ring (bicyclic) bond motifs is 4. The van der Waals surface area contributed by atoms with Crippen molar-refractivity contribution in [2.75, 3.05) is 30.2 Å². The Labute approximate surface area is 205 Å². The average Bonchev–Trinajstić information content (AvgIpc) is 3.26. The van der Waals surface area contributed by atoms with E-state index in [-0.39, 0.29) is 28.1 Å². The van der Waals surface area contributed by atoms with Gasteiger partial charge in [-0.1, -0.05) is 6.07 Å². The van der Waals surface area contributed by atoms with Crippen molar-refractivity contribution in [1.29, 1.82) is 0 Å². The minimum Gasteiger partial charge on any atom is -0.478 e. The van der Waals surface area contributed by atoms with Crippen LogP contribution in [-0.4, -0.2) is 51.9 Å². The standard InChI is InChI=1S/C21H22N6O4S3/c1-31-20-19(23-33-24-20)25-34(29,30)16-7-5-15(6-8-16)22-21(32)26-10-13-9-14(12-26)17-3-2-4-18(28)27(17)11-13/h2-8,13-14H,9-12H2,1H3,(H,22,32)(H,23,25). The average molecular weight is 519 g/mol. The largest absolute Gasteiger partial charge is 0.478 e. The van der Waals surface area contributed by atoms with Gasteiger partial charge < -0.3 is 19.5 Å². The summed E-state index contributed by atoms with van der Waals surface area (Å²) < 4.78 is 42.4. The zero-order valence-electron chi connectivity index (χ0n) is 18.2. The van der Waals surface area contributed by atoms with Crippen molar-refractivity contribution in [3.8, 4) is 5.88 Å². The molecule has 4 heterocycles. The van der Waals surface area contributed by atoms with Crippen molar-refractivity contribution >= 4 is 50.6 Å². The molecule has 0 spiro atoms. The van der Waals surface area contributed by atoms with Crippen molar-refractivity contribution in [3.63, 3.8) is 0 Å². The molecule has 3 aromatic rings. The Hall–Kier alpha value is -3.03. The number of thiocarbonyl (C=S) groups is 1. The molecule has 0 radical (unpaired) electrons. The number of nitrogens with one attached hydrogen (secondary N) is 2. The van der Waals surface area contributed by atoms with Gasteiger partial charge in [-0.05, 0) is 54.9 Å². The van der Waals surface area contributed by atoms with Gasteiger partial charge in [0.15, 0.2) is 5.11 Å². The molecule has 178 valence electrons. The van der Waals surface area contributed by atoms with E-state index in [1.54, 1.807) is 18.2 Å². The molecule has 2 aliphatic heterocycles. The van der Waals surface area contributed by atoms with Gasteiger partial charge in [-0.15, -0.1) is 4.37 Å². The monoisotopic (exact) mass is 518 g/mol. The molecule has 10 nitrogen and oxygen atoms in total. The quantitative estimate of drug-likeness (QED) is 0.491. The van der Waals surface area contributed by atoms with Gasteiger partial charge in [0.05, 0.1) is 23.7 Å². The van der Waals surface area contributed by atoms with Gasteiger partial charge in [-0.3, -0.25) is 9.52 Å². The van der Waals surface area contributed by atoms with E-state index in [1.807, 2.05) is 16.7 Å². The molecular weight excluding hydrogens is 496 g/mol. The van der Waals surface area contributed by atoms with Crippen LogP contribution in [0.25, 0.3) is 0 Å². The second-order valence-corrected chi connectivity index (χ2v) is 10.9. The Morgan fingerprint density at radius 1 is 1.15 bits per heavy atom. The molecule has 2 aromatic heterocycles. The first-order chi connectivity index (χ1) is 16.3. The highest BCUT2D eigenvalue weighted by atomic mass is 32.2. The Morgan fingerprint density at radius 2 is 1.94 bits per heavy atom. The smallest absolute Gasteiger partial charge is 0.271 e. The zero-order chi connectivity index (χ0) is 23.9. The number of anilines is 2. The van der Waals surface area contributed by atoms with Gasteiger partial charge in [0, 0.05) is 43.0 Å². The maximum absolute atomic E-state index is 12.7. The summed E-state index contributed by atoms with van der Waals surface area (Å²) in [5.74, 6) is 0.769. The Bertz CT molecular complexity index is 1390. The fraction of sp³-hybridized carbons (Fsp3) is 0.333. The minimum absolute atomic E-state index is 0.0513. The van der Waals surface area contributed by atoms with Crippen LogP contribution in [0.15, 0.2) is 52.2 Å². The van der Waals surface area contributed by atoms with Crippen LogP contribution in [0.1, 0.15) is 18.0 Å². The zero-order valence-corrected chi connectivity index (χ0v) is 20.6. The van der Waals surface area contributed by atoms with Crippen LogP contribution in [0.3, 0.4) is 0 Å². The SMILES string of the molecule is COc1nsnc1NS(=O)(=O)c1ccc(NC(=S)N2CC3CC(C2)c2cccc(=O)n2C3)cc1. The second-order valence-electron chi connectivity index (χ2n) is 8.29. The lowest BCUT2D eigenvalue weighted by molar-refractivity contribution is 0.180. The van der Waals surface area contributed by atoms with E-state index in [4.69, 9.17) is 17.0 Å². The number of sulfonamides is 1. The van der Waals surface area contributed by atoms with Crippen molar-refractivity contribution in [3.05, 3.63) is 58.5 Å². The molecule has 0 amide bonds. The van der Waals surface area contributed by atoms with E-state index in [1.165, 1.54) is 19.2 Å². The van der Waals surface area contributed by atoms with Crippen LogP contribution in [0, 0.1) is 5.92 Å². The maximum Gasteiger partial charge on any atom is 0.271 e. The van der Waals surface area contributed by atoms with Crippen LogP contribution in [0.2, 0.25) is 0 Å². The van der Waals surface area contributed by atoms with Crippen molar-refractivity contribution < 1.29 is 13.2 Å². The molecule has 5 rings (SSSR count). The summed E-state index contributed by atoms with van der Waals surface area (Å²) in [6, 6.07) is 11.8. The number of hydrogen-bond donors (Lipinski definition) is 2. The summed E-state index contributed by atoms with van der Waals surface area (Å²) in [6.07, 6.45) is 1.04. The van der Waals surface area contributed by atoms with E-state index >= 15 is 0 Å². The van der Waals surface area contributed by atoms with Crippen LogP contribution in [0.5, 0.6) is 5.88 Å². The van der Waals surface area contributed by atoms with Gasteiger partial charge in [-0.2, -0.15) is 4.37 Å². The molecular formula is C21H22N6O4S3. The Morgan fingerprint density at radius 3 is 2.71 bits per heavy atom. The Kier molecular flexibility index (Phi) is 6.00. The maximum atomic E-state index is 12.7. The van der Waals surface area contributed by atoms with Crippen LogP contribution in [-0.2, 0) is 16.6 Å². The normalized spacial score (nSPS) is 19.3. The molecule has 0 saturated carbocycles. The highest BCUT2D eigenvalue weighted by molar-refractivity contribution is 7.92. The van der Waals surface area contributed by atoms with Gasteiger partial charge in [0.2, 0.25) is 5.82 Å². The van der Waals surface area contributed by atoms with Gasteiger partial charge in [-0.25, -0.2) is 8.42 Å². The highest BCUT2D eigenvalue weighted by Gasteiger charge is 2.35. The summed E-state index contributed by atoms with van der Waals surface area (Å²) >= 11 is 6.51. The van der Waals surface area contributed by atoms with Crippen LogP contribution < -0.4 is 20.3 Å². The van der Waals surface area contributed by atoms with Crippen molar-refractivity contribution in [1.82, 2.24) is 18.2 Å². The van der Waals surface area contributed by atoms with E-state index < -0.39 is 10.0 Å². The molecule has 1 saturated heterocycles. The van der Waals surface area contributed by atoms with Gasteiger partial charge in [0.25, 0.3) is 21.5 Å². The van der Waals surface area contributed by atoms with Crippen molar-refractivity contribution in [2.45, 2.75) is 23.8 Å². The first kappa shape index (κ1) is 22.7. The third-order valence-corrected chi connectivity index (χ3v) is 8.29. The summed E-state index contributed by atoms with van der Waals surface area (Å²) in [6.45, 7) is 2.19. The molecule has 1 aromatic carbocycles. The number of methoxy groups -OCH3 is 1. The number of aromatic nitrogens is 3. The lowest BCUT2D eigenvalue weighted by Crippen LogP contribution is -2.50. The number of hydrogen-bond acceptors (Lipinski definition) is 8. The third-order valence-electron chi connectivity index (χ3n) is 6.07. The van der Waals surface area contributed by atoms with E-state index in [0.717, 1.165) is 36.9 Å². The number of nitrogens with zero attached hydrogens (tertiary/aromatic N) is 4. The fourth-order valence-electron chi connectivity index (χ4n) is 4.55.